The molecule has 0 fully saturated rings. The number of rotatable bonds is 3. The van der Waals surface area contributed by atoms with E-state index in [1.54, 1.807) is 30.3 Å². The molecule has 2 rings (SSSR count). The third-order valence-electron chi connectivity index (χ3n) is 2.33. The van der Waals surface area contributed by atoms with Crippen molar-refractivity contribution < 1.29 is 9.50 Å². The van der Waals surface area contributed by atoms with E-state index in [1.165, 1.54) is 6.07 Å². The molecule has 0 saturated carbocycles. The molecule has 0 unspecified atom stereocenters. The largest absolute Gasteiger partial charge is 0.508 e. The maximum atomic E-state index is 13.2. The van der Waals surface area contributed by atoms with Crippen molar-refractivity contribution in [1.82, 2.24) is 0 Å². The van der Waals surface area contributed by atoms with Crippen LogP contribution in [-0.2, 0) is 6.54 Å². The molecule has 88 valence electrons. The molecule has 2 aromatic rings. The van der Waals surface area contributed by atoms with Crippen molar-refractivity contribution in [2.75, 3.05) is 5.32 Å². The lowest BCUT2D eigenvalue weighted by Gasteiger charge is -2.07. The number of hydrogen-bond donors (Lipinski definition) is 2. The lowest BCUT2D eigenvalue weighted by molar-refractivity contribution is 0.474. The summed E-state index contributed by atoms with van der Waals surface area (Å²) < 4.78 is 13.7. The second-order valence-electron chi connectivity index (χ2n) is 3.65. The first-order valence-corrected chi connectivity index (χ1v) is 5.91. The van der Waals surface area contributed by atoms with E-state index in [0.717, 1.165) is 5.56 Å². The highest BCUT2D eigenvalue weighted by molar-refractivity contribution is 9.10. The smallest absolute Gasteiger partial charge is 0.139 e. The van der Waals surface area contributed by atoms with Crippen LogP contribution in [0.5, 0.6) is 5.75 Å². The molecule has 0 aliphatic heterocycles. The first-order valence-electron chi connectivity index (χ1n) is 5.12. The molecule has 2 N–H and O–H groups in total. The number of benzene rings is 2. The van der Waals surface area contributed by atoms with Gasteiger partial charge in [0, 0.05) is 12.2 Å². The van der Waals surface area contributed by atoms with Crippen molar-refractivity contribution in [1.29, 1.82) is 0 Å². The van der Waals surface area contributed by atoms with Gasteiger partial charge in [-0.05, 0) is 51.8 Å². The van der Waals surface area contributed by atoms with Gasteiger partial charge >= 0.3 is 0 Å². The average molecular weight is 296 g/mol. The number of nitrogens with one attached hydrogen (secondary N) is 1. The van der Waals surface area contributed by atoms with Crippen molar-refractivity contribution in [2.45, 2.75) is 6.54 Å². The van der Waals surface area contributed by atoms with Crippen molar-refractivity contribution in [3.8, 4) is 5.75 Å². The monoisotopic (exact) mass is 295 g/mol. The fourth-order valence-electron chi connectivity index (χ4n) is 1.48. The van der Waals surface area contributed by atoms with Gasteiger partial charge in [-0.15, -0.1) is 0 Å². The van der Waals surface area contributed by atoms with E-state index < -0.39 is 0 Å². The minimum Gasteiger partial charge on any atom is -0.508 e. The summed E-state index contributed by atoms with van der Waals surface area (Å²) in [6.45, 7) is 0.537. The second kappa shape index (κ2) is 5.19. The molecule has 0 heterocycles. The lowest BCUT2D eigenvalue weighted by Crippen LogP contribution is -1.99. The fourth-order valence-corrected chi connectivity index (χ4v) is 1.72. The molecule has 0 atom stereocenters. The summed E-state index contributed by atoms with van der Waals surface area (Å²) in [6, 6.07) is 11.8. The van der Waals surface area contributed by atoms with Gasteiger partial charge in [-0.3, -0.25) is 0 Å². The summed E-state index contributed by atoms with van der Waals surface area (Å²) >= 11 is 3.10. The first kappa shape index (κ1) is 11.9. The maximum absolute atomic E-state index is 13.2. The molecule has 0 aliphatic carbocycles. The molecule has 4 heteroatoms. The van der Waals surface area contributed by atoms with Gasteiger partial charge in [-0.1, -0.05) is 12.1 Å². The van der Waals surface area contributed by atoms with Crippen molar-refractivity contribution >= 4 is 21.6 Å². The molecule has 0 bridgehead atoms. The van der Waals surface area contributed by atoms with Crippen molar-refractivity contribution in [3.05, 3.63) is 58.3 Å². The highest BCUT2D eigenvalue weighted by atomic mass is 79.9. The number of aromatic hydroxyl groups is 1. The summed E-state index contributed by atoms with van der Waals surface area (Å²) in [7, 11) is 0. The number of phenolic OH excluding ortho intramolecular Hbond substituents is 1. The van der Waals surface area contributed by atoms with Gasteiger partial charge in [0.05, 0.1) is 4.47 Å². The standard InChI is InChI=1S/C13H11BrFNO/c14-12-5-4-10(7-13(12)15)16-8-9-2-1-3-11(17)6-9/h1-7,16-17H,8H2. The zero-order valence-electron chi connectivity index (χ0n) is 8.95. The summed E-state index contributed by atoms with van der Waals surface area (Å²) in [5, 5.41) is 12.4. The third kappa shape index (κ3) is 3.20. The minimum atomic E-state index is -0.300. The zero-order chi connectivity index (χ0) is 12.3. The van der Waals surface area contributed by atoms with E-state index >= 15 is 0 Å². The Morgan fingerprint density at radius 2 is 2.00 bits per heavy atom. The number of halogens is 2. The Morgan fingerprint density at radius 3 is 2.71 bits per heavy atom. The molecular formula is C13H11BrFNO. The quantitative estimate of drug-likeness (QED) is 0.900. The lowest BCUT2D eigenvalue weighted by atomic mass is 10.2. The van der Waals surface area contributed by atoms with E-state index in [1.807, 2.05) is 6.07 Å². The summed E-state index contributed by atoms with van der Waals surface area (Å²) in [4.78, 5) is 0. The van der Waals surface area contributed by atoms with Crippen LogP contribution in [0.25, 0.3) is 0 Å². The van der Waals surface area contributed by atoms with Gasteiger partial charge < -0.3 is 10.4 Å². The van der Waals surface area contributed by atoms with Crippen molar-refractivity contribution in [2.24, 2.45) is 0 Å². The molecule has 0 radical (unpaired) electrons. The molecule has 2 nitrogen and oxygen atoms in total. The van der Waals surface area contributed by atoms with Crippen LogP contribution in [0.4, 0.5) is 10.1 Å². The van der Waals surface area contributed by atoms with Crippen LogP contribution in [0.15, 0.2) is 46.9 Å². The highest BCUT2D eigenvalue weighted by Gasteiger charge is 2.00. The van der Waals surface area contributed by atoms with Gasteiger partial charge in [0.2, 0.25) is 0 Å². The first-order chi connectivity index (χ1) is 8.15. The molecule has 2 aromatic carbocycles. The molecule has 0 aliphatic rings. The third-order valence-corrected chi connectivity index (χ3v) is 2.97. The van der Waals surface area contributed by atoms with Gasteiger partial charge in [0.25, 0.3) is 0 Å². The summed E-state index contributed by atoms with van der Waals surface area (Å²) in [6.07, 6.45) is 0. The Balaban J connectivity index is 2.05. The van der Waals surface area contributed by atoms with Crippen molar-refractivity contribution in [3.63, 3.8) is 0 Å². The van der Waals surface area contributed by atoms with E-state index in [4.69, 9.17) is 0 Å². The Labute approximate surface area is 107 Å². The van der Waals surface area contributed by atoms with E-state index in [0.29, 0.717) is 16.7 Å². The minimum absolute atomic E-state index is 0.228. The van der Waals surface area contributed by atoms with E-state index in [9.17, 15) is 9.50 Å². The fraction of sp³-hybridized carbons (Fsp3) is 0.0769. The van der Waals surface area contributed by atoms with Crippen LogP contribution in [0.3, 0.4) is 0 Å². The van der Waals surface area contributed by atoms with Crippen LogP contribution in [0.2, 0.25) is 0 Å². The van der Waals surface area contributed by atoms with Crippen LogP contribution in [-0.4, -0.2) is 5.11 Å². The Kier molecular flexibility index (Phi) is 3.64. The topological polar surface area (TPSA) is 32.3 Å². The second-order valence-corrected chi connectivity index (χ2v) is 4.51. The summed E-state index contributed by atoms with van der Waals surface area (Å²) in [5.41, 5.74) is 1.64. The molecular weight excluding hydrogens is 285 g/mol. The Hall–Kier alpha value is -1.55. The van der Waals surface area contributed by atoms with Crippen LogP contribution in [0.1, 0.15) is 5.56 Å². The van der Waals surface area contributed by atoms with Crippen LogP contribution in [0, 0.1) is 5.82 Å². The predicted molar refractivity (Wildman–Crippen MR) is 69.5 cm³/mol. The van der Waals surface area contributed by atoms with Gasteiger partial charge in [-0.2, -0.15) is 0 Å². The number of phenols is 1. The average Bonchev–Trinajstić information content (AvgIpc) is 2.31. The molecule has 17 heavy (non-hydrogen) atoms. The normalized spacial score (nSPS) is 10.2. The SMILES string of the molecule is Oc1cccc(CNc2ccc(Br)c(F)c2)c1. The van der Waals surface area contributed by atoms with Gasteiger partial charge in [0.15, 0.2) is 0 Å². The Morgan fingerprint density at radius 1 is 1.18 bits per heavy atom. The van der Waals surface area contributed by atoms with Gasteiger partial charge in [-0.25, -0.2) is 4.39 Å². The maximum Gasteiger partial charge on any atom is 0.139 e. The van der Waals surface area contributed by atoms with Crippen LogP contribution >= 0.6 is 15.9 Å². The Bertz CT molecular complexity index is 531. The molecule has 0 amide bonds. The molecule has 0 saturated heterocycles. The van der Waals surface area contributed by atoms with Gasteiger partial charge in [0.1, 0.15) is 11.6 Å². The zero-order valence-corrected chi connectivity index (χ0v) is 10.5. The number of anilines is 1. The number of hydrogen-bond acceptors (Lipinski definition) is 2. The van der Waals surface area contributed by atoms with E-state index in [2.05, 4.69) is 21.2 Å². The molecule has 0 aromatic heterocycles. The van der Waals surface area contributed by atoms with Crippen LogP contribution < -0.4 is 5.32 Å². The highest BCUT2D eigenvalue weighted by Crippen LogP contribution is 2.20. The predicted octanol–water partition coefficient (Wildman–Crippen LogP) is 3.91. The van der Waals surface area contributed by atoms with E-state index in [-0.39, 0.29) is 11.6 Å². The summed E-state index contributed by atoms with van der Waals surface area (Å²) in [5.74, 6) is -0.0720. The molecule has 0 spiro atoms.